The minimum absolute atomic E-state index is 0.0354. The van der Waals surface area contributed by atoms with Crippen LogP contribution in [0.4, 0.5) is 4.39 Å². The van der Waals surface area contributed by atoms with Crippen molar-refractivity contribution < 1.29 is 18.7 Å². The first-order chi connectivity index (χ1) is 17.1. The van der Waals surface area contributed by atoms with Gasteiger partial charge in [-0.15, -0.1) is 0 Å². The van der Waals surface area contributed by atoms with Crippen molar-refractivity contribution in [2.75, 3.05) is 13.2 Å². The molecule has 4 aromatic rings. The highest BCUT2D eigenvalue weighted by molar-refractivity contribution is 5.95. The van der Waals surface area contributed by atoms with Crippen LogP contribution in [0.3, 0.4) is 0 Å². The van der Waals surface area contributed by atoms with Gasteiger partial charge in [-0.2, -0.15) is 0 Å². The third kappa shape index (κ3) is 5.84. The molecular weight excluding hydrogens is 443 g/mol. The number of para-hydroxylation sites is 1. The average Bonchev–Trinajstić information content (AvgIpc) is 3.40. The number of hydrogen-bond donors (Lipinski definition) is 0. The number of halogens is 1. The topological polar surface area (TPSA) is 51.7 Å². The second-order valence-electron chi connectivity index (χ2n) is 8.77. The smallest absolute Gasteiger partial charge is 0.272 e. The third-order valence-corrected chi connectivity index (χ3v) is 6.14. The molecule has 0 N–H and O–H groups in total. The fraction of sp³-hybridized carbons (Fsp3) is 0.241. The highest BCUT2D eigenvalue weighted by Gasteiger charge is 2.24. The van der Waals surface area contributed by atoms with Crippen molar-refractivity contribution in [1.82, 2.24) is 9.88 Å². The summed E-state index contributed by atoms with van der Waals surface area (Å²) < 4.78 is 25.0. The fourth-order valence-electron chi connectivity index (χ4n) is 4.31. The number of benzene rings is 3. The van der Waals surface area contributed by atoms with E-state index >= 15 is 0 Å². The summed E-state index contributed by atoms with van der Waals surface area (Å²) >= 11 is 0. The van der Waals surface area contributed by atoms with Crippen LogP contribution >= 0.6 is 0 Å². The van der Waals surface area contributed by atoms with E-state index < -0.39 is 0 Å². The number of aromatic nitrogens is 1. The zero-order chi connectivity index (χ0) is 24.0. The lowest BCUT2D eigenvalue weighted by Crippen LogP contribution is -2.37. The van der Waals surface area contributed by atoms with Gasteiger partial charge in [-0.25, -0.2) is 9.37 Å². The van der Waals surface area contributed by atoms with E-state index in [0.717, 1.165) is 41.5 Å². The molecule has 5 nitrogen and oxygen atoms in total. The van der Waals surface area contributed by atoms with Crippen LogP contribution in [0.1, 0.15) is 34.5 Å². The Bertz CT molecular complexity index is 1300. The maximum absolute atomic E-state index is 13.5. The zero-order valence-electron chi connectivity index (χ0n) is 19.4. The lowest BCUT2D eigenvalue weighted by Gasteiger charge is -2.25. The number of amides is 1. The molecule has 1 amide bonds. The Hall–Kier alpha value is -3.77. The second kappa shape index (κ2) is 10.7. The van der Waals surface area contributed by atoms with Gasteiger partial charge in [0.15, 0.2) is 0 Å². The van der Waals surface area contributed by atoms with Crippen molar-refractivity contribution in [3.8, 4) is 5.75 Å². The number of ether oxygens (including phenoxy) is 2. The van der Waals surface area contributed by atoms with E-state index in [-0.39, 0.29) is 24.4 Å². The Labute approximate surface area is 204 Å². The van der Waals surface area contributed by atoms with E-state index in [1.807, 2.05) is 65.6 Å². The first-order valence-corrected chi connectivity index (χ1v) is 11.9. The molecule has 0 radical (unpaired) electrons. The van der Waals surface area contributed by atoms with Crippen LogP contribution in [0, 0.1) is 5.82 Å². The molecule has 0 aliphatic carbocycles. The molecule has 0 bridgehead atoms. The molecule has 1 aliphatic rings. The second-order valence-corrected chi connectivity index (χ2v) is 8.77. The van der Waals surface area contributed by atoms with Crippen molar-refractivity contribution in [2.24, 2.45) is 0 Å². The Morgan fingerprint density at radius 1 is 1.00 bits per heavy atom. The standard InChI is InChI=1S/C29H27FN2O3/c30-24-7-3-5-22(17-24)20-35-25-13-10-21(11-14-25)18-32(19-26-8-4-16-34-26)29(33)28-15-12-23-6-1-2-9-27(23)31-28/h1-3,5-7,9-15,17,26H,4,8,16,18-20H2/t26-/m0/s1. The summed E-state index contributed by atoms with van der Waals surface area (Å²) in [6.07, 6.45) is 1.99. The molecule has 1 saturated heterocycles. The maximum Gasteiger partial charge on any atom is 0.272 e. The first kappa shape index (κ1) is 23.0. The highest BCUT2D eigenvalue weighted by Crippen LogP contribution is 2.20. The van der Waals surface area contributed by atoms with Gasteiger partial charge in [0.2, 0.25) is 0 Å². The summed E-state index contributed by atoms with van der Waals surface area (Å²) in [4.78, 5) is 19.9. The normalized spacial score (nSPS) is 15.3. The summed E-state index contributed by atoms with van der Waals surface area (Å²) in [5.74, 6) is 0.294. The molecular formula is C29H27FN2O3. The van der Waals surface area contributed by atoms with E-state index in [4.69, 9.17) is 9.47 Å². The molecule has 1 atom stereocenters. The van der Waals surface area contributed by atoms with Crippen molar-refractivity contribution in [3.63, 3.8) is 0 Å². The zero-order valence-corrected chi connectivity index (χ0v) is 19.4. The lowest BCUT2D eigenvalue weighted by atomic mass is 10.1. The molecule has 0 unspecified atom stereocenters. The number of carbonyl (C=O) groups is 1. The summed E-state index contributed by atoms with van der Waals surface area (Å²) in [7, 11) is 0. The molecule has 5 rings (SSSR count). The lowest BCUT2D eigenvalue weighted by molar-refractivity contribution is 0.0503. The monoisotopic (exact) mass is 470 g/mol. The van der Waals surface area contributed by atoms with Crippen LogP contribution in [0.2, 0.25) is 0 Å². The molecule has 1 aliphatic heterocycles. The average molecular weight is 471 g/mol. The summed E-state index contributed by atoms with van der Waals surface area (Å²) in [6.45, 7) is 1.98. The van der Waals surface area contributed by atoms with Crippen LogP contribution in [-0.4, -0.2) is 35.0 Å². The van der Waals surface area contributed by atoms with Gasteiger partial charge >= 0.3 is 0 Å². The summed E-state index contributed by atoms with van der Waals surface area (Å²) in [5.41, 5.74) is 2.98. The Balaban J connectivity index is 1.29. The van der Waals surface area contributed by atoms with Gasteiger partial charge < -0.3 is 14.4 Å². The van der Waals surface area contributed by atoms with E-state index in [1.54, 1.807) is 12.1 Å². The minimum Gasteiger partial charge on any atom is -0.489 e. The highest BCUT2D eigenvalue weighted by atomic mass is 19.1. The predicted octanol–water partition coefficient (Wildman–Crippen LogP) is 5.77. The number of carbonyl (C=O) groups excluding carboxylic acids is 1. The van der Waals surface area contributed by atoms with Gasteiger partial charge in [0.05, 0.1) is 11.6 Å². The van der Waals surface area contributed by atoms with Gasteiger partial charge in [0, 0.05) is 25.1 Å². The molecule has 0 saturated carbocycles. The molecule has 1 fully saturated rings. The number of fused-ring (bicyclic) bond motifs is 1. The summed E-state index contributed by atoms with van der Waals surface area (Å²) in [5, 5.41) is 1.00. The summed E-state index contributed by atoms with van der Waals surface area (Å²) in [6, 6.07) is 25.5. The molecule has 2 heterocycles. The Morgan fingerprint density at radius 3 is 2.66 bits per heavy atom. The quantitative estimate of drug-likeness (QED) is 0.328. The molecule has 3 aromatic carbocycles. The van der Waals surface area contributed by atoms with Crippen LogP contribution in [-0.2, 0) is 17.9 Å². The number of nitrogens with zero attached hydrogens (tertiary/aromatic N) is 2. The van der Waals surface area contributed by atoms with E-state index in [0.29, 0.717) is 24.5 Å². The van der Waals surface area contributed by atoms with E-state index in [9.17, 15) is 9.18 Å². The van der Waals surface area contributed by atoms with Crippen molar-refractivity contribution in [1.29, 1.82) is 0 Å². The molecule has 0 spiro atoms. The van der Waals surface area contributed by atoms with Gasteiger partial charge in [0.1, 0.15) is 23.9 Å². The number of pyridine rings is 1. The molecule has 35 heavy (non-hydrogen) atoms. The van der Waals surface area contributed by atoms with Gasteiger partial charge in [0.25, 0.3) is 5.91 Å². The van der Waals surface area contributed by atoms with Gasteiger partial charge in [-0.3, -0.25) is 4.79 Å². The van der Waals surface area contributed by atoms with Crippen LogP contribution < -0.4 is 4.74 Å². The molecule has 6 heteroatoms. The van der Waals surface area contributed by atoms with Crippen LogP contribution in [0.25, 0.3) is 10.9 Å². The van der Waals surface area contributed by atoms with Crippen LogP contribution in [0.15, 0.2) is 84.9 Å². The van der Waals surface area contributed by atoms with Crippen LogP contribution in [0.5, 0.6) is 5.75 Å². The SMILES string of the molecule is O=C(c1ccc2ccccc2n1)N(Cc1ccc(OCc2cccc(F)c2)cc1)C[C@@H]1CCCO1. The minimum atomic E-state index is -0.279. The number of rotatable bonds is 8. The predicted molar refractivity (Wildman–Crippen MR) is 133 cm³/mol. The Kier molecular flexibility index (Phi) is 7.00. The van der Waals surface area contributed by atoms with E-state index in [1.165, 1.54) is 12.1 Å². The van der Waals surface area contributed by atoms with E-state index in [2.05, 4.69) is 4.98 Å². The molecule has 178 valence electrons. The molecule has 1 aromatic heterocycles. The van der Waals surface area contributed by atoms with Crippen molar-refractivity contribution in [3.05, 3.63) is 108 Å². The Morgan fingerprint density at radius 2 is 1.86 bits per heavy atom. The third-order valence-electron chi connectivity index (χ3n) is 6.14. The van der Waals surface area contributed by atoms with Crippen molar-refractivity contribution in [2.45, 2.75) is 32.1 Å². The fourth-order valence-corrected chi connectivity index (χ4v) is 4.31. The number of hydrogen-bond acceptors (Lipinski definition) is 4. The first-order valence-electron chi connectivity index (χ1n) is 11.9. The van der Waals surface area contributed by atoms with Gasteiger partial charge in [-0.1, -0.05) is 48.5 Å². The van der Waals surface area contributed by atoms with Gasteiger partial charge in [-0.05, 0) is 60.4 Å². The maximum atomic E-state index is 13.5. The largest absolute Gasteiger partial charge is 0.489 e. The van der Waals surface area contributed by atoms with Crippen molar-refractivity contribution >= 4 is 16.8 Å².